The summed E-state index contributed by atoms with van der Waals surface area (Å²) < 4.78 is 46.5. The highest BCUT2D eigenvalue weighted by molar-refractivity contribution is 5.92. The molecule has 3 atom stereocenters. The molecule has 5 rings (SSSR count). The molecule has 2 aromatic rings. The Balaban J connectivity index is 1.44. The van der Waals surface area contributed by atoms with Crippen molar-refractivity contribution in [3.63, 3.8) is 0 Å². The smallest absolute Gasteiger partial charge is 0.418 e. The topological polar surface area (TPSA) is 98.6 Å². The molecule has 4 heterocycles. The molecule has 3 N–H and O–H groups in total. The van der Waals surface area contributed by atoms with Gasteiger partial charge in [0.15, 0.2) is 0 Å². The van der Waals surface area contributed by atoms with E-state index in [1.165, 1.54) is 23.3 Å². The highest BCUT2D eigenvalue weighted by Gasteiger charge is 2.62. The fourth-order valence-electron chi connectivity index (χ4n) is 5.20. The standard InChI is InChI=1S/C21H24F3N7O2/c1-11-6-15-9-20(8-11,18-28-27-13(3)33-18)31(15)19(32)25-14-4-5-16(21(22,23)24)17(7-14)30-10-12(2)26-29-30/h4-5,7,10-11,15,26,29H,6,8-9H2,1-3H3,(H,25,32)/t11-,15?,20?/m0/s1. The molecule has 0 saturated carbocycles. The number of halogens is 3. The van der Waals surface area contributed by atoms with Crippen LogP contribution in [0, 0.1) is 12.8 Å². The summed E-state index contributed by atoms with van der Waals surface area (Å²) in [6, 6.07) is 3.12. The van der Waals surface area contributed by atoms with Gasteiger partial charge in [0, 0.05) is 37.0 Å². The van der Waals surface area contributed by atoms with Crippen LogP contribution in [0.4, 0.5) is 29.3 Å². The van der Waals surface area contributed by atoms with Crippen molar-refractivity contribution in [2.24, 2.45) is 5.92 Å². The number of fused-ring (bicyclic) bond motifs is 2. The number of allylic oxidation sites excluding steroid dienone is 1. The number of hydrogen-bond acceptors (Lipinski definition) is 7. The van der Waals surface area contributed by atoms with Crippen LogP contribution < -0.4 is 21.3 Å². The number of carbonyl (C=O) groups excluding carboxylic acids is 1. The number of aryl methyl sites for hydroxylation is 1. The molecule has 176 valence electrons. The minimum Gasteiger partial charge on any atom is -0.423 e. The van der Waals surface area contributed by atoms with Gasteiger partial charge in [0.1, 0.15) is 5.54 Å². The van der Waals surface area contributed by atoms with E-state index >= 15 is 0 Å². The van der Waals surface area contributed by atoms with Crippen molar-refractivity contribution in [3.8, 4) is 0 Å². The number of nitrogens with zero attached hydrogens (tertiary/aromatic N) is 4. The van der Waals surface area contributed by atoms with Crippen molar-refractivity contribution in [1.29, 1.82) is 0 Å². The normalized spacial score (nSPS) is 26.5. The molecule has 2 bridgehead atoms. The molecule has 0 spiro atoms. The SMILES string of the molecule is CC1=CN(c2cc(NC(=O)N3C4C[C@H](C)CC3(c3nnc(C)o3)C4)ccc2C(F)(F)F)NN1. The van der Waals surface area contributed by atoms with E-state index in [0.717, 1.165) is 18.9 Å². The monoisotopic (exact) mass is 463 g/mol. The maximum absolute atomic E-state index is 13.6. The maximum atomic E-state index is 13.6. The van der Waals surface area contributed by atoms with Gasteiger partial charge in [0.2, 0.25) is 11.8 Å². The quantitative estimate of drug-likeness (QED) is 0.633. The summed E-state index contributed by atoms with van der Waals surface area (Å²) in [5.41, 5.74) is 4.66. The third kappa shape index (κ3) is 3.58. The van der Waals surface area contributed by atoms with Crippen LogP contribution in [0.2, 0.25) is 0 Å². The second-order valence-electron chi connectivity index (χ2n) is 9.01. The van der Waals surface area contributed by atoms with E-state index in [-0.39, 0.29) is 17.4 Å². The van der Waals surface area contributed by atoms with Gasteiger partial charge >= 0.3 is 12.2 Å². The van der Waals surface area contributed by atoms with E-state index in [1.807, 2.05) is 0 Å². The number of anilines is 2. The molecule has 1 aromatic carbocycles. The number of aromatic nitrogens is 2. The lowest BCUT2D eigenvalue weighted by Crippen LogP contribution is -2.70. The Bertz CT molecular complexity index is 1130. The molecule has 33 heavy (non-hydrogen) atoms. The number of hydrazine groups is 2. The minimum atomic E-state index is -4.56. The zero-order chi connectivity index (χ0) is 23.5. The van der Waals surface area contributed by atoms with Gasteiger partial charge in [0.25, 0.3) is 0 Å². The molecule has 3 aliphatic rings. The van der Waals surface area contributed by atoms with Crippen LogP contribution in [-0.4, -0.2) is 27.2 Å². The molecule has 0 aliphatic carbocycles. The molecule has 3 aliphatic heterocycles. The summed E-state index contributed by atoms with van der Waals surface area (Å²) in [5, 5.41) is 12.1. The first-order valence-corrected chi connectivity index (χ1v) is 10.7. The van der Waals surface area contributed by atoms with Gasteiger partial charge in [-0.1, -0.05) is 6.92 Å². The van der Waals surface area contributed by atoms with Crippen molar-refractivity contribution in [2.75, 3.05) is 10.3 Å². The average Bonchev–Trinajstić information content (AvgIpc) is 3.35. The molecule has 2 unspecified atom stereocenters. The third-order valence-corrected chi connectivity index (χ3v) is 6.41. The van der Waals surface area contributed by atoms with Crippen molar-refractivity contribution in [3.05, 3.63) is 47.4 Å². The number of hydrogen-bond donors (Lipinski definition) is 3. The highest BCUT2D eigenvalue weighted by atomic mass is 19.4. The van der Waals surface area contributed by atoms with Crippen molar-refractivity contribution in [2.45, 2.75) is 57.8 Å². The number of rotatable bonds is 3. The lowest BCUT2D eigenvalue weighted by molar-refractivity contribution is -0.137. The second-order valence-corrected chi connectivity index (χ2v) is 9.01. The summed E-state index contributed by atoms with van der Waals surface area (Å²) >= 11 is 0. The number of urea groups is 1. The van der Waals surface area contributed by atoms with Crippen LogP contribution in [0.5, 0.6) is 0 Å². The third-order valence-electron chi connectivity index (χ3n) is 6.41. The van der Waals surface area contributed by atoms with Crippen LogP contribution in [-0.2, 0) is 11.7 Å². The van der Waals surface area contributed by atoms with Gasteiger partial charge in [0.05, 0.1) is 11.3 Å². The lowest BCUT2D eigenvalue weighted by Gasteiger charge is -2.61. The van der Waals surface area contributed by atoms with E-state index < -0.39 is 23.3 Å². The summed E-state index contributed by atoms with van der Waals surface area (Å²) in [6.45, 7) is 5.53. The molecule has 12 heteroatoms. The Kier molecular flexibility index (Phi) is 4.82. The zero-order valence-corrected chi connectivity index (χ0v) is 18.3. The molecule has 9 nitrogen and oxygen atoms in total. The Labute approximate surface area is 187 Å². The van der Waals surface area contributed by atoms with Gasteiger partial charge in [-0.15, -0.1) is 15.7 Å². The van der Waals surface area contributed by atoms with Crippen LogP contribution in [0.1, 0.15) is 50.5 Å². The summed E-state index contributed by atoms with van der Waals surface area (Å²) in [5.74, 6) is 1.20. The second kappa shape index (κ2) is 7.37. The maximum Gasteiger partial charge on any atom is 0.418 e. The van der Waals surface area contributed by atoms with Crippen molar-refractivity contribution >= 4 is 17.4 Å². The van der Waals surface area contributed by atoms with Crippen molar-refractivity contribution in [1.82, 2.24) is 26.1 Å². The van der Waals surface area contributed by atoms with E-state index in [9.17, 15) is 18.0 Å². The number of alkyl halides is 3. The molecule has 2 saturated heterocycles. The lowest BCUT2D eigenvalue weighted by atomic mass is 9.64. The first kappa shape index (κ1) is 21.6. The molecule has 2 fully saturated rings. The van der Waals surface area contributed by atoms with Gasteiger partial charge in [-0.05, 0) is 43.9 Å². The van der Waals surface area contributed by atoms with Gasteiger partial charge in [-0.25, -0.2) is 4.79 Å². The molecule has 0 radical (unpaired) electrons. The Morgan fingerprint density at radius 3 is 2.70 bits per heavy atom. The number of nitrogens with one attached hydrogen (secondary N) is 3. The van der Waals surface area contributed by atoms with E-state index in [1.54, 1.807) is 18.7 Å². The van der Waals surface area contributed by atoms with Gasteiger partial charge in [-0.3, -0.25) is 5.01 Å². The van der Waals surface area contributed by atoms with Crippen molar-refractivity contribution < 1.29 is 22.4 Å². The Hall–Kier alpha value is -3.28. The Morgan fingerprint density at radius 2 is 2.06 bits per heavy atom. The van der Waals surface area contributed by atoms with Gasteiger partial charge < -0.3 is 20.1 Å². The van der Waals surface area contributed by atoms with E-state index in [2.05, 4.69) is 33.4 Å². The minimum absolute atomic E-state index is 0.00454. The number of benzene rings is 1. The first-order valence-electron chi connectivity index (χ1n) is 10.7. The van der Waals surface area contributed by atoms with Gasteiger partial charge in [-0.2, -0.15) is 13.2 Å². The van der Waals surface area contributed by atoms with E-state index in [0.29, 0.717) is 29.8 Å². The number of piperidine rings is 1. The molecular weight excluding hydrogens is 439 g/mol. The number of carbonyl (C=O) groups is 1. The number of amides is 2. The predicted molar refractivity (Wildman–Crippen MR) is 112 cm³/mol. The summed E-state index contributed by atoms with van der Waals surface area (Å²) in [4.78, 5) is 15.0. The van der Waals surface area contributed by atoms with Crippen LogP contribution in [0.15, 0.2) is 34.5 Å². The summed E-state index contributed by atoms with van der Waals surface area (Å²) in [6.07, 6.45) is -0.810. The van der Waals surface area contributed by atoms with E-state index in [4.69, 9.17) is 4.42 Å². The molecular formula is C21H24F3N7O2. The first-order chi connectivity index (χ1) is 15.6. The predicted octanol–water partition coefficient (Wildman–Crippen LogP) is 4.02. The fraction of sp³-hybridized carbons (Fsp3) is 0.476. The summed E-state index contributed by atoms with van der Waals surface area (Å²) in [7, 11) is 0. The Morgan fingerprint density at radius 1 is 1.27 bits per heavy atom. The average molecular weight is 463 g/mol. The molecule has 1 aromatic heterocycles. The van der Waals surface area contributed by atoms with Crippen LogP contribution in [0.25, 0.3) is 0 Å². The van der Waals surface area contributed by atoms with Crippen LogP contribution >= 0.6 is 0 Å². The highest BCUT2D eigenvalue weighted by Crippen LogP contribution is 2.55. The largest absolute Gasteiger partial charge is 0.423 e. The fourth-order valence-corrected chi connectivity index (χ4v) is 5.20. The zero-order valence-electron chi connectivity index (χ0n) is 18.3. The van der Waals surface area contributed by atoms with Crippen LogP contribution in [0.3, 0.4) is 0 Å². The molecule has 2 amide bonds.